The van der Waals surface area contributed by atoms with Gasteiger partial charge < -0.3 is 14.6 Å². The Morgan fingerprint density at radius 1 is 1.00 bits per heavy atom. The molecule has 1 N–H and O–H groups in total. The van der Waals surface area contributed by atoms with Crippen molar-refractivity contribution in [2.45, 2.75) is 26.8 Å². The van der Waals surface area contributed by atoms with E-state index in [1.807, 2.05) is 12.1 Å². The van der Waals surface area contributed by atoms with E-state index in [0.717, 1.165) is 42.9 Å². The molecule has 0 amide bonds. The van der Waals surface area contributed by atoms with Gasteiger partial charge in [0.1, 0.15) is 11.3 Å². The first-order chi connectivity index (χ1) is 12.2. The van der Waals surface area contributed by atoms with E-state index in [1.54, 1.807) is 0 Å². The number of rotatable bonds is 8. The van der Waals surface area contributed by atoms with Gasteiger partial charge in [0.05, 0.1) is 6.04 Å². The number of likely N-dealkylation sites (N-methyl/N-ethyl adjacent to an activating group) is 1. The molecule has 0 aliphatic carbocycles. The van der Waals surface area contributed by atoms with Gasteiger partial charge in [-0.05, 0) is 37.7 Å². The lowest BCUT2D eigenvalue weighted by Gasteiger charge is -2.22. The van der Waals surface area contributed by atoms with Gasteiger partial charge in [-0.3, -0.25) is 0 Å². The van der Waals surface area contributed by atoms with Crippen molar-refractivity contribution in [2.75, 3.05) is 26.2 Å². The predicted molar refractivity (Wildman–Crippen MR) is 105 cm³/mol. The lowest BCUT2D eigenvalue weighted by Crippen LogP contribution is -2.34. The maximum absolute atomic E-state index is 6.15. The standard InChI is InChI=1S/C22H28N2O/c1-4-24(5-2)15-14-23-22(18-12-10-17(3)11-13-18)21-16-19-8-6-7-9-20(19)25-21/h6-13,16,22-23H,4-5,14-15H2,1-3H3. The fourth-order valence-electron chi connectivity index (χ4n) is 3.19. The van der Waals surface area contributed by atoms with Gasteiger partial charge in [-0.25, -0.2) is 0 Å². The molecule has 0 bridgehead atoms. The normalized spacial score (nSPS) is 12.8. The van der Waals surface area contributed by atoms with Crippen LogP contribution < -0.4 is 5.32 Å². The van der Waals surface area contributed by atoms with Crippen LogP contribution in [0.1, 0.15) is 36.8 Å². The molecule has 1 heterocycles. The molecule has 0 radical (unpaired) electrons. The van der Waals surface area contributed by atoms with E-state index in [4.69, 9.17) is 4.42 Å². The van der Waals surface area contributed by atoms with E-state index in [0.29, 0.717) is 0 Å². The van der Waals surface area contributed by atoms with Crippen LogP contribution in [0.2, 0.25) is 0 Å². The molecule has 0 aliphatic heterocycles. The molecule has 0 spiro atoms. The number of nitrogens with one attached hydrogen (secondary N) is 1. The minimum atomic E-state index is 0.0727. The molecule has 3 nitrogen and oxygen atoms in total. The predicted octanol–water partition coefficient (Wildman–Crippen LogP) is 4.76. The number of hydrogen-bond acceptors (Lipinski definition) is 3. The van der Waals surface area contributed by atoms with Crippen molar-refractivity contribution in [1.82, 2.24) is 10.2 Å². The molecule has 132 valence electrons. The molecule has 1 atom stereocenters. The Balaban J connectivity index is 1.84. The summed E-state index contributed by atoms with van der Waals surface area (Å²) in [7, 11) is 0. The van der Waals surface area contributed by atoms with Crippen LogP contribution in [-0.4, -0.2) is 31.1 Å². The Bertz CT molecular complexity index is 754. The highest BCUT2D eigenvalue weighted by molar-refractivity contribution is 5.78. The van der Waals surface area contributed by atoms with Crippen molar-refractivity contribution in [2.24, 2.45) is 0 Å². The second-order valence-corrected chi connectivity index (χ2v) is 6.51. The number of hydrogen-bond donors (Lipinski definition) is 1. The quantitative estimate of drug-likeness (QED) is 0.643. The van der Waals surface area contributed by atoms with Crippen LogP contribution >= 0.6 is 0 Å². The first-order valence-corrected chi connectivity index (χ1v) is 9.22. The number of nitrogens with zero attached hydrogens (tertiary/aromatic N) is 1. The molecule has 25 heavy (non-hydrogen) atoms. The summed E-state index contributed by atoms with van der Waals surface area (Å²) in [5.74, 6) is 0.976. The fourth-order valence-corrected chi connectivity index (χ4v) is 3.19. The Labute approximate surface area is 150 Å². The monoisotopic (exact) mass is 336 g/mol. The maximum Gasteiger partial charge on any atom is 0.134 e. The number of benzene rings is 2. The second kappa shape index (κ2) is 8.32. The molecule has 1 aromatic heterocycles. The highest BCUT2D eigenvalue weighted by atomic mass is 16.3. The minimum Gasteiger partial charge on any atom is -0.459 e. The van der Waals surface area contributed by atoms with Crippen molar-refractivity contribution >= 4 is 11.0 Å². The van der Waals surface area contributed by atoms with Gasteiger partial charge in [-0.2, -0.15) is 0 Å². The topological polar surface area (TPSA) is 28.4 Å². The third kappa shape index (κ3) is 4.30. The molecule has 0 saturated carbocycles. The van der Waals surface area contributed by atoms with E-state index < -0.39 is 0 Å². The molecule has 3 rings (SSSR count). The van der Waals surface area contributed by atoms with Crippen LogP contribution in [0, 0.1) is 6.92 Å². The Morgan fingerprint density at radius 3 is 2.40 bits per heavy atom. The van der Waals surface area contributed by atoms with Gasteiger partial charge in [-0.1, -0.05) is 61.9 Å². The van der Waals surface area contributed by atoms with Crippen LogP contribution in [0.3, 0.4) is 0 Å². The molecular formula is C22H28N2O. The van der Waals surface area contributed by atoms with Crippen LogP contribution in [0.15, 0.2) is 59.0 Å². The first kappa shape index (κ1) is 17.7. The van der Waals surface area contributed by atoms with Crippen molar-refractivity contribution in [3.05, 3.63) is 71.5 Å². The Morgan fingerprint density at radius 2 is 1.72 bits per heavy atom. The number of furan rings is 1. The molecule has 3 heteroatoms. The lowest BCUT2D eigenvalue weighted by molar-refractivity contribution is 0.296. The number of aryl methyl sites for hydroxylation is 1. The molecule has 2 aromatic carbocycles. The van der Waals surface area contributed by atoms with Crippen molar-refractivity contribution < 1.29 is 4.42 Å². The van der Waals surface area contributed by atoms with Gasteiger partial charge in [0.15, 0.2) is 0 Å². The largest absolute Gasteiger partial charge is 0.459 e. The Hall–Kier alpha value is -2.10. The second-order valence-electron chi connectivity index (χ2n) is 6.51. The zero-order valence-electron chi connectivity index (χ0n) is 15.5. The van der Waals surface area contributed by atoms with Crippen LogP contribution in [-0.2, 0) is 0 Å². The minimum absolute atomic E-state index is 0.0727. The van der Waals surface area contributed by atoms with Gasteiger partial charge in [-0.15, -0.1) is 0 Å². The van der Waals surface area contributed by atoms with Gasteiger partial charge >= 0.3 is 0 Å². The zero-order chi connectivity index (χ0) is 17.6. The van der Waals surface area contributed by atoms with E-state index >= 15 is 0 Å². The zero-order valence-corrected chi connectivity index (χ0v) is 15.5. The van der Waals surface area contributed by atoms with Crippen molar-refractivity contribution in [3.8, 4) is 0 Å². The van der Waals surface area contributed by atoms with E-state index in [2.05, 4.69) is 73.5 Å². The highest BCUT2D eigenvalue weighted by Crippen LogP contribution is 2.28. The van der Waals surface area contributed by atoms with E-state index in [9.17, 15) is 0 Å². The smallest absolute Gasteiger partial charge is 0.134 e. The number of fused-ring (bicyclic) bond motifs is 1. The third-order valence-electron chi connectivity index (χ3n) is 4.81. The SMILES string of the molecule is CCN(CC)CCNC(c1ccc(C)cc1)c1cc2ccccc2o1. The van der Waals surface area contributed by atoms with Gasteiger partial charge in [0.25, 0.3) is 0 Å². The first-order valence-electron chi connectivity index (χ1n) is 9.22. The molecular weight excluding hydrogens is 308 g/mol. The highest BCUT2D eigenvalue weighted by Gasteiger charge is 2.18. The van der Waals surface area contributed by atoms with Crippen LogP contribution in [0.4, 0.5) is 0 Å². The summed E-state index contributed by atoms with van der Waals surface area (Å²) in [4.78, 5) is 2.43. The summed E-state index contributed by atoms with van der Waals surface area (Å²) in [6.07, 6.45) is 0. The molecule has 1 unspecified atom stereocenters. The fraction of sp³-hybridized carbons (Fsp3) is 0.364. The number of para-hydroxylation sites is 1. The van der Waals surface area contributed by atoms with Gasteiger partial charge in [0, 0.05) is 18.5 Å². The maximum atomic E-state index is 6.15. The van der Waals surface area contributed by atoms with Crippen LogP contribution in [0.5, 0.6) is 0 Å². The Kier molecular flexibility index (Phi) is 5.90. The summed E-state index contributed by atoms with van der Waals surface area (Å²) in [5.41, 5.74) is 3.46. The summed E-state index contributed by atoms with van der Waals surface area (Å²) in [5, 5.41) is 4.85. The molecule has 0 saturated heterocycles. The summed E-state index contributed by atoms with van der Waals surface area (Å²) < 4.78 is 6.15. The molecule has 0 fully saturated rings. The molecule has 3 aromatic rings. The van der Waals surface area contributed by atoms with Crippen molar-refractivity contribution in [1.29, 1.82) is 0 Å². The summed E-state index contributed by atoms with van der Waals surface area (Å²) >= 11 is 0. The van der Waals surface area contributed by atoms with E-state index in [-0.39, 0.29) is 6.04 Å². The van der Waals surface area contributed by atoms with Gasteiger partial charge in [0.2, 0.25) is 0 Å². The summed E-state index contributed by atoms with van der Waals surface area (Å²) in [6, 6.07) is 19.1. The third-order valence-corrected chi connectivity index (χ3v) is 4.81. The average molecular weight is 336 g/mol. The lowest BCUT2D eigenvalue weighted by atomic mass is 10.0. The van der Waals surface area contributed by atoms with Crippen molar-refractivity contribution in [3.63, 3.8) is 0 Å². The van der Waals surface area contributed by atoms with Crippen LogP contribution in [0.25, 0.3) is 11.0 Å². The van der Waals surface area contributed by atoms with E-state index in [1.165, 1.54) is 11.1 Å². The summed E-state index contributed by atoms with van der Waals surface area (Å²) in [6.45, 7) is 10.7. The molecule has 0 aliphatic rings. The average Bonchev–Trinajstić information content (AvgIpc) is 3.07.